The highest BCUT2D eigenvalue weighted by molar-refractivity contribution is 5.90. The van der Waals surface area contributed by atoms with Gasteiger partial charge in [0.2, 0.25) is 5.91 Å². The number of carbonyl (C=O) groups is 1. The number of fused-ring (bicyclic) bond motifs is 1. The first-order chi connectivity index (χ1) is 15.5. The van der Waals surface area contributed by atoms with Gasteiger partial charge in [-0.1, -0.05) is 44.0 Å². The van der Waals surface area contributed by atoms with Gasteiger partial charge in [-0.15, -0.1) is 0 Å². The average molecular weight is 436 g/mol. The molecule has 2 N–H and O–H groups in total. The summed E-state index contributed by atoms with van der Waals surface area (Å²) in [5.41, 5.74) is 1.30. The Morgan fingerprint density at radius 2 is 2.00 bits per heavy atom. The van der Waals surface area contributed by atoms with Crippen LogP contribution in [0.2, 0.25) is 0 Å². The van der Waals surface area contributed by atoms with Crippen molar-refractivity contribution in [3.63, 3.8) is 0 Å². The number of nitrogens with zero attached hydrogens (tertiary/aromatic N) is 1. The highest BCUT2D eigenvalue weighted by Gasteiger charge is 2.19. The molecule has 0 spiro atoms. The molecule has 1 aromatic heterocycles. The van der Waals surface area contributed by atoms with E-state index in [9.17, 15) is 14.4 Å². The standard InChI is InChI=1S/C25H29N3O4/c1-17-6-4-9-20(14-17)32-16-18-7-5-8-19(15-18)26-23(29)12-13-28-22-11-3-2-10-21(22)24(30)27-25(28)31/h2-3,5,7-8,10-11,15,17,20H,4,6,9,12-14,16H2,1H3,(H,26,29)(H,27,30,31). The maximum Gasteiger partial charge on any atom is 0.328 e. The predicted octanol–water partition coefficient (Wildman–Crippen LogP) is 3.81. The second-order valence-corrected chi connectivity index (χ2v) is 8.63. The Balaban J connectivity index is 1.36. The van der Waals surface area contributed by atoms with Gasteiger partial charge in [0.1, 0.15) is 0 Å². The molecule has 3 aromatic rings. The fraction of sp³-hybridized carbons (Fsp3) is 0.400. The molecule has 7 heteroatoms. The van der Waals surface area contributed by atoms with Crippen molar-refractivity contribution in [2.75, 3.05) is 5.32 Å². The first-order valence-corrected chi connectivity index (χ1v) is 11.2. The van der Waals surface area contributed by atoms with Crippen LogP contribution in [-0.4, -0.2) is 21.6 Å². The Morgan fingerprint density at radius 1 is 1.16 bits per heavy atom. The van der Waals surface area contributed by atoms with Crippen LogP contribution in [0.4, 0.5) is 5.69 Å². The molecular weight excluding hydrogens is 406 g/mol. The lowest BCUT2D eigenvalue weighted by atomic mass is 9.89. The smallest absolute Gasteiger partial charge is 0.328 e. The van der Waals surface area contributed by atoms with Crippen molar-refractivity contribution in [1.82, 2.24) is 9.55 Å². The lowest BCUT2D eigenvalue weighted by Crippen LogP contribution is -2.31. The van der Waals surface area contributed by atoms with Crippen molar-refractivity contribution in [2.24, 2.45) is 5.92 Å². The van der Waals surface area contributed by atoms with Crippen LogP contribution in [-0.2, 0) is 22.7 Å². The molecule has 0 saturated heterocycles. The third-order valence-corrected chi connectivity index (χ3v) is 6.05. The number of amides is 1. The van der Waals surface area contributed by atoms with Crippen molar-refractivity contribution in [3.8, 4) is 0 Å². The van der Waals surface area contributed by atoms with Gasteiger partial charge in [0, 0.05) is 18.7 Å². The summed E-state index contributed by atoms with van der Waals surface area (Å²) < 4.78 is 7.51. The first kappa shape index (κ1) is 22.0. The van der Waals surface area contributed by atoms with Crippen molar-refractivity contribution in [2.45, 2.75) is 58.3 Å². The minimum Gasteiger partial charge on any atom is -0.374 e. The lowest BCUT2D eigenvalue weighted by Gasteiger charge is -2.26. The van der Waals surface area contributed by atoms with Gasteiger partial charge in [0.05, 0.1) is 23.6 Å². The number of rotatable bonds is 7. The van der Waals surface area contributed by atoms with Crippen LogP contribution in [0.1, 0.15) is 44.6 Å². The third kappa shape index (κ3) is 5.34. The van der Waals surface area contributed by atoms with E-state index in [1.54, 1.807) is 24.3 Å². The quantitative estimate of drug-likeness (QED) is 0.590. The molecule has 2 atom stereocenters. The number of nitrogens with one attached hydrogen (secondary N) is 2. The SMILES string of the molecule is CC1CCCC(OCc2cccc(NC(=O)CCn3c(=O)[nH]c(=O)c4ccccc43)c2)C1. The molecule has 168 valence electrons. The van der Waals surface area contributed by atoms with Crippen LogP contribution in [0.3, 0.4) is 0 Å². The minimum atomic E-state index is -0.516. The number of para-hydroxylation sites is 1. The zero-order chi connectivity index (χ0) is 22.5. The number of aryl methyl sites for hydroxylation is 1. The molecule has 0 radical (unpaired) electrons. The Bertz CT molecular complexity index is 1210. The van der Waals surface area contributed by atoms with Gasteiger partial charge < -0.3 is 10.1 Å². The number of aromatic amines is 1. The Hall–Kier alpha value is -3.19. The third-order valence-electron chi connectivity index (χ3n) is 6.05. The van der Waals surface area contributed by atoms with E-state index in [1.165, 1.54) is 17.4 Å². The number of ether oxygens (including phenoxy) is 1. The molecule has 1 aliphatic carbocycles. The highest BCUT2D eigenvalue weighted by Crippen LogP contribution is 2.26. The summed E-state index contributed by atoms with van der Waals surface area (Å²) in [6.07, 6.45) is 5.13. The average Bonchev–Trinajstić information content (AvgIpc) is 2.78. The molecule has 1 fully saturated rings. The van der Waals surface area contributed by atoms with E-state index in [2.05, 4.69) is 17.2 Å². The van der Waals surface area contributed by atoms with Crippen LogP contribution in [0.5, 0.6) is 0 Å². The molecule has 2 unspecified atom stereocenters. The minimum absolute atomic E-state index is 0.108. The number of carbonyl (C=O) groups excluding carboxylic acids is 1. The second kappa shape index (κ2) is 9.96. The van der Waals surface area contributed by atoms with Crippen LogP contribution in [0, 0.1) is 5.92 Å². The molecule has 32 heavy (non-hydrogen) atoms. The van der Waals surface area contributed by atoms with Crippen LogP contribution >= 0.6 is 0 Å². The maximum atomic E-state index is 12.5. The summed E-state index contributed by atoms with van der Waals surface area (Å²) in [4.78, 5) is 39.1. The molecule has 2 aromatic carbocycles. The summed E-state index contributed by atoms with van der Waals surface area (Å²) in [6, 6.07) is 14.5. The summed E-state index contributed by atoms with van der Waals surface area (Å²) in [6.45, 7) is 2.97. The van der Waals surface area contributed by atoms with Gasteiger partial charge in [-0.2, -0.15) is 0 Å². The van der Waals surface area contributed by atoms with E-state index in [0.29, 0.717) is 35.2 Å². The molecule has 1 amide bonds. The molecule has 7 nitrogen and oxygen atoms in total. The number of aromatic nitrogens is 2. The summed E-state index contributed by atoms with van der Waals surface area (Å²) >= 11 is 0. The Kier molecular flexibility index (Phi) is 6.85. The van der Waals surface area contributed by atoms with Gasteiger partial charge >= 0.3 is 5.69 Å². The second-order valence-electron chi connectivity index (χ2n) is 8.63. The van der Waals surface area contributed by atoms with Gasteiger partial charge in [0.15, 0.2) is 0 Å². The summed E-state index contributed by atoms with van der Waals surface area (Å²) in [7, 11) is 0. The van der Waals surface area contributed by atoms with Crippen molar-refractivity contribution in [1.29, 1.82) is 0 Å². The van der Waals surface area contributed by atoms with E-state index >= 15 is 0 Å². The van der Waals surface area contributed by atoms with E-state index in [0.717, 1.165) is 18.4 Å². The van der Waals surface area contributed by atoms with Crippen LogP contribution in [0.15, 0.2) is 58.1 Å². The maximum absolute atomic E-state index is 12.5. The zero-order valence-electron chi connectivity index (χ0n) is 18.3. The Labute approximate surface area is 186 Å². The van der Waals surface area contributed by atoms with Crippen molar-refractivity contribution >= 4 is 22.5 Å². The largest absolute Gasteiger partial charge is 0.374 e. The Morgan fingerprint density at radius 3 is 2.84 bits per heavy atom. The fourth-order valence-corrected chi connectivity index (χ4v) is 4.38. The van der Waals surface area contributed by atoms with Crippen LogP contribution in [0.25, 0.3) is 10.9 Å². The number of benzene rings is 2. The van der Waals surface area contributed by atoms with Crippen molar-refractivity contribution in [3.05, 3.63) is 74.9 Å². The molecule has 0 aliphatic heterocycles. The predicted molar refractivity (Wildman–Crippen MR) is 125 cm³/mol. The van der Waals surface area contributed by atoms with E-state index in [1.807, 2.05) is 24.3 Å². The molecule has 0 bridgehead atoms. The van der Waals surface area contributed by atoms with Gasteiger partial charge in [-0.3, -0.25) is 19.1 Å². The molecule has 1 aliphatic rings. The summed E-state index contributed by atoms with van der Waals surface area (Å²) in [5, 5.41) is 3.32. The summed E-state index contributed by atoms with van der Waals surface area (Å²) in [5.74, 6) is 0.512. The molecule has 1 saturated carbocycles. The van der Waals surface area contributed by atoms with Gasteiger partial charge in [-0.05, 0) is 48.6 Å². The van der Waals surface area contributed by atoms with Crippen LogP contribution < -0.4 is 16.6 Å². The fourth-order valence-electron chi connectivity index (χ4n) is 4.38. The molecule has 4 rings (SSSR count). The van der Waals surface area contributed by atoms with Crippen molar-refractivity contribution < 1.29 is 9.53 Å². The van der Waals surface area contributed by atoms with Gasteiger partial charge in [-0.25, -0.2) is 4.79 Å². The number of H-pyrrole nitrogens is 1. The monoisotopic (exact) mass is 435 g/mol. The molecular formula is C25H29N3O4. The topological polar surface area (TPSA) is 93.2 Å². The number of hydrogen-bond donors (Lipinski definition) is 2. The number of hydrogen-bond acceptors (Lipinski definition) is 4. The van der Waals surface area contributed by atoms with Gasteiger partial charge in [0.25, 0.3) is 5.56 Å². The van der Waals surface area contributed by atoms with E-state index in [4.69, 9.17) is 4.74 Å². The van der Waals surface area contributed by atoms with E-state index in [-0.39, 0.29) is 18.9 Å². The first-order valence-electron chi connectivity index (χ1n) is 11.2. The lowest BCUT2D eigenvalue weighted by molar-refractivity contribution is -0.116. The normalized spacial score (nSPS) is 18.5. The number of anilines is 1. The highest BCUT2D eigenvalue weighted by atomic mass is 16.5. The van der Waals surface area contributed by atoms with E-state index < -0.39 is 11.2 Å². The zero-order valence-corrected chi connectivity index (χ0v) is 18.3. The molecule has 1 heterocycles.